The lowest BCUT2D eigenvalue weighted by Crippen LogP contribution is -2.36. The summed E-state index contributed by atoms with van der Waals surface area (Å²) in [6.07, 6.45) is 1.70. The highest BCUT2D eigenvalue weighted by molar-refractivity contribution is 7.49. The second-order valence-electron chi connectivity index (χ2n) is 10.2. The second kappa shape index (κ2) is 10.9. The molecule has 212 valence electrons. The number of nitrogens with one attached hydrogen (secondary N) is 1. The Balaban J connectivity index is 1.35. The minimum absolute atomic E-state index is 0.0374. The fraction of sp³-hybridized carbons (Fsp3) is 0.385. The van der Waals surface area contributed by atoms with Crippen molar-refractivity contribution in [3.63, 3.8) is 0 Å². The number of pyridine rings is 1. The maximum Gasteiger partial charge on any atom is 0.402 e. The Morgan fingerprint density at radius 2 is 1.93 bits per heavy atom. The Morgan fingerprint density at radius 1 is 1.15 bits per heavy atom. The molecule has 0 aliphatic carbocycles. The Labute approximate surface area is 230 Å². The smallest absolute Gasteiger partial charge is 0.326 e. The van der Waals surface area contributed by atoms with E-state index >= 15 is 0 Å². The van der Waals surface area contributed by atoms with Gasteiger partial charge in [0.25, 0.3) is 0 Å². The summed E-state index contributed by atoms with van der Waals surface area (Å²) in [5.74, 6) is 0.0411. The molecule has 14 heteroatoms. The number of rotatable bonds is 8. The van der Waals surface area contributed by atoms with Gasteiger partial charge in [-0.3, -0.25) is 4.90 Å². The topological polar surface area (TPSA) is 133 Å². The van der Waals surface area contributed by atoms with Crippen LogP contribution in [0.15, 0.2) is 30.5 Å². The van der Waals surface area contributed by atoms with Crippen LogP contribution < -0.4 is 5.32 Å². The Bertz CT molecular complexity index is 1620. The van der Waals surface area contributed by atoms with Crippen molar-refractivity contribution in [2.75, 3.05) is 32.0 Å². The fourth-order valence-corrected chi connectivity index (χ4v) is 5.30. The van der Waals surface area contributed by atoms with E-state index < -0.39 is 19.4 Å². The number of benzene rings is 1. The maximum absolute atomic E-state index is 15.0. The van der Waals surface area contributed by atoms with E-state index in [0.717, 1.165) is 22.1 Å². The van der Waals surface area contributed by atoms with Gasteiger partial charge in [0.05, 0.1) is 11.7 Å². The number of imidazole rings is 1. The van der Waals surface area contributed by atoms with Crippen molar-refractivity contribution in [3.05, 3.63) is 59.2 Å². The Kier molecular flexibility index (Phi) is 7.68. The first-order chi connectivity index (χ1) is 18.9. The Morgan fingerprint density at radius 3 is 2.65 bits per heavy atom. The zero-order chi connectivity index (χ0) is 28.8. The van der Waals surface area contributed by atoms with Crippen molar-refractivity contribution in [2.45, 2.75) is 39.8 Å². The van der Waals surface area contributed by atoms with E-state index in [9.17, 15) is 23.1 Å². The number of hydrogen-bond acceptors (Lipinski definition) is 7. The third-order valence-corrected chi connectivity index (χ3v) is 8.10. The minimum atomic E-state index is -4.25. The third kappa shape index (κ3) is 5.74. The molecule has 0 radical (unpaired) electrons. The van der Waals surface area contributed by atoms with Gasteiger partial charge in [0.15, 0.2) is 11.6 Å². The van der Waals surface area contributed by atoms with Crippen LogP contribution in [-0.2, 0) is 17.5 Å². The fourth-order valence-electron chi connectivity index (χ4n) is 4.95. The van der Waals surface area contributed by atoms with E-state index in [0.29, 0.717) is 43.2 Å². The van der Waals surface area contributed by atoms with Gasteiger partial charge >= 0.3 is 7.75 Å². The van der Waals surface area contributed by atoms with Crippen LogP contribution in [0.1, 0.15) is 37.0 Å². The van der Waals surface area contributed by atoms with Gasteiger partial charge in [-0.15, -0.1) is 0 Å². The maximum atomic E-state index is 15.0. The van der Waals surface area contributed by atoms with E-state index in [2.05, 4.69) is 30.2 Å². The van der Waals surface area contributed by atoms with Gasteiger partial charge in [-0.2, -0.15) is 0 Å². The number of anilines is 2. The van der Waals surface area contributed by atoms with Crippen LogP contribution in [0.3, 0.4) is 0 Å². The molecule has 0 unspecified atom stereocenters. The molecule has 0 spiro atoms. The molecule has 4 heterocycles. The molecule has 1 aliphatic rings. The lowest BCUT2D eigenvalue weighted by molar-refractivity contribution is 0.220. The number of halogens is 2. The van der Waals surface area contributed by atoms with Crippen LogP contribution in [0, 0.1) is 18.6 Å². The van der Waals surface area contributed by atoms with Crippen molar-refractivity contribution < 1.29 is 23.1 Å². The first-order valence-corrected chi connectivity index (χ1v) is 14.4. The van der Waals surface area contributed by atoms with Crippen molar-refractivity contribution >= 4 is 30.5 Å². The van der Waals surface area contributed by atoms with Crippen LogP contribution in [0.25, 0.3) is 22.3 Å². The third-order valence-electron chi connectivity index (χ3n) is 7.01. The van der Waals surface area contributed by atoms with E-state index in [1.807, 2.05) is 24.5 Å². The summed E-state index contributed by atoms with van der Waals surface area (Å²) in [6.45, 7) is 7.80. The summed E-state index contributed by atoms with van der Waals surface area (Å²) in [6, 6.07) is 6.65. The summed E-state index contributed by atoms with van der Waals surface area (Å²) in [5, 5.41) is 3.03. The van der Waals surface area contributed by atoms with Gasteiger partial charge in [-0.25, -0.2) is 38.0 Å². The predicted molar refractivity (Wildman–Crippen MR) is 147 cm³/mol. The molecule has 1 aromatic carbocycles. The zero-order valence-electron chi connectivity index (χ0n) is 22.6. The molecule has 4 aromatic rings. The first-order valence-electron chi connectivity index (χ1n) is 12.9. The monoisotopic (exact) mass is 572 g/mol. The number of nitrogens with zero attached hydrogens (tertiary/aromatic N) is 7. The van der Waals surface area contributed by atoms with Gasteiger partial charge < -0.3 is 19.7 Å². The molecule has 3 aromatic heterocycles. The number of aromatic nitrogens is 5. The first kappa shape index (κ1) is 28.2. The summed E-state index contributed by atoms with van der Waals surface area (Å²) < 4.78 is 44.1. The molecule has 3 N–H and O–H groups in total. The molecule has 5 rings (SSSR count). The van der Waals surface area contributed by atoms with Gasteiger partial charge in [-0.05, 0) is 51.6 Å². The number of aryl methyl sites for hydroxylation is 1. The summed E-state index contributed by atoms with van der Waals surface area (Å²) in [4.78, 5) is 38.0. The molecule has 0 saturated heterocycles. The molecule has 0 amide bonds. The summed E-state index contributed by atoms with van der Waals surface area (Å²) in [5.41, 5.74) is 2.93. The average Bonchev–Trinajstić information content (AvgIpc) is 3.24. The second-order valence-corrected chi connectivity index (χ2v) is 11.9. The van der Waals surface area contributed by atoms with Crippen molar-refractivity contribution in [3.8, 4) is 11.3 Å². The highest BCUT2D eigenvalue weighted by Crippen LogP contribution is 2.37. The normalized spacial score (nSPS) is 14.3. The van der Waals surface area contributed by atoms with Crippen molar-refractivity contribution in [1.29, 1.82) is 0 Å². The molecular weight excluding hydrogens is 541 g/mol. The quantitative estimate of drug-likeness (QED) is 0.264. The van der Waals surface area contributed by atoms with E-state index in [4.69, 9.17) is 0 Å². The van der Waals surface area contributed by atoms with E-state index in [-0.39, 0.29) is 35.3 Å². The molecule has 0 bridgehead atoms. The van der Waals surface area contributed by atoms with E-state index in [1.54, 1.807) is 19.1 Å². The molecule has 0 fully saturated rings. The number of fused-ring (bicyclic) bond motifs is 2. The van der Waals surface area contributed by atoms with Crippen molar-refractivity contribution in [2.24, 2.45) is 0 Å². The number of hydrogen-bond donors (Lipinski definition) is 3. The SMILES string of the molecule is Cc1nc2c(F)cc(-c3nc(Nc4ccc5c(n4)CCN(CCN(C)P(=O)(O)O)C5)ncc3F)cc2n1C(C)C. The molecule has 1 aliphatic heterocycles. The molecular formula is C26H31F2N8O3P. The molecule has 11 nitrogen and oxygen atoms in total. The molecule has 0 atom stereocenters. The van der Waals surface area contributed by atoms with Crippen LogP contribution in [0.2, 0.25) is 0 Å². The van der Waals surface area contributed by atoms with Crippen LogP contribution in [-0.4, -0.2) is 70.5 Å². The van der Waals surface area contributed by atoms with Gasteiger partial charge in [0.1, 0.15) is 22.9 Å². The van der Waals surface area contributed by atoms with E-state index in [1.165, 1.54) is 13.1 Å². The van der Waals surface area contributed by atoms with Crippen molar-refractivity contribution in [1.82, 2.24) is 34.1 Å². The molecule has 40 heavy (non-hydrogen) atoms. The highest BCUT2D eigenvalue weighted by atomic mass is 31.2. The predicted octanol–water partition coefficient (Wildman–Crippen LogP) is 4.18. The minimum Gasteiger partial charge on any atom is -0.326 e. The largest absolute Gasteiger partial charge is 0.402 e. The van der Waals surface area contributed by atoms with Gasteiger partial charge in [0.2, 0.25) is 5.95 Å². The van der Waals surface area contributed by atoms with Crippen LogP contribution in [0.5, 0.6) is 0 Å². The number of likely N-dealkylation sites (N-methyl/N-ethyl adjacent to an activating group) is 1. The lowest BCUT2D eigenvalue weighted by Gasteiger charge is -2.30. The summed E-state index contributed by atoms with van der Waals surface area (Å²) >= 11 is 0. The van der Waals surface area contributed by atoms with Crippen LogP contribution in [0.4, 0.5) is 20.5 Å². The standard InChI is InChI=1S/C26H31F2N8O3P/c1-15(2)36-16(3)30-25-19(27)11-18(12-22(25)36)24-20(28)13-29-26(33-24)32-23-6-5-17-14-35(8-7-21(17)31-23)10-9-34(4)40(37,38)39/h5-6,11-13,15H,7-10,14H2,1-4H3,(H2,37,38,39)(H,29,31,32,33). The zero-order valence-corrected chi connectivity index (χ0v) is 23.5. The lowest BCUT2D eigenvalue weighted by atomic mass is 10.1. The van der Waals surface area contributed by atoms with Gasteiger partial charge in [-0.1, -0.05) is 6.07 Å². The highest BCUT2D eigenvalue weighted by Gasteiger charge is 2.24. The average molecular weight is 573 g/mol. The Hall–Kier alpha value is -3.35. The summed E-state index contributed by atoms with van der Waals surface area (Å²) in [7, 11) is -2.85. The van der Waals surface area contributed by atoms with Crippen LogP contribution >= 0.6 is 7.75 Å². The van der Waals surface area contributed by atoms with Gasteiger partial charge in [0, 0.05) is 49.9 Å². The molecule has 0 saturated carbocycles.